The first kappa shape index (κ1) is 11.6. The van der Waals surface area contributed by atoms with Crippen molar-refractivity contribution in [1.82, 2.24) is 0 Å². The molecule has 11 heavy (non-hydrogen) atoms. The molecule has 0 aromatic heterocycles. The van der Waals surface area contributed by atoms with E-state index in [4.69, 9.17) is 0 Å². The average molecular weight is 194 g/mol. The Morgan fingerprint density at radius 2 is 1.55 bits per heavy atom. The third-order valence-corrected chi connectivity index (χ3v) is 7.76. The third-order valence-electron chi connectivity index (χ3n) is 1.49. The monoisotopic (exact) mass is 194 g/mol. The number of hydrogen-bond donors (Lipinski definition) is 0. The normalized spacial score (nSPS) is 11.9. The molecule has 0 unspecified atom stereocenters. The molecule has 0 radical (unpaired) electrons. The molecule has 3 heteroatoms. The van der Waals surface area contributed by atoms with Gasteiger partial charge in [-0.05, 0) is 18.6 Å². The second kappa shape index (κ2) is 6.14. The zero-order valence-electron chi connectivity index (χ0n) is 7.80. The van der Waals surface area contributed by atoms with Gasteiger partial charge in [0, 0.05) is 12.3 Å². The molecule has 0 atom stereocenters. The molecule has 0 aliphatic heterocycles. The van der Waals surface area contributed by atoms with Crippen molar-refractivity contribution in [1.29, 1.82) is 0 Å². The van der Waals surface area contributed by atoms with E-state index >= 15 is 0 Å². The van der Waals surface area contributed by atoms with E-state index in [0.717, 1.165) is 30.9 Å². The van der Waals surface area contributed by atoms with Crippen molar-refractivity contribution < 1.29 is 4.57 Å². The van der Waals surface area contributed by atoms with Gasteiger partial charge < -0.3 is 4.57 Å². The molecule has 68 valence electrons. The smallest absolute Gasteiger partial charge is 0.139 e. The molecule has 0 N–H and O–H groups in total. The standard InChI is InChI=1S/C8H19OPS/c1-4-7-10(9,8-5-2)11-6-3/h4-8H2,1-3H3. The minimum Gasteiger partial charge on any atom is -0.312 e. The van der Waals surface area contributed by atoms with Gasteiger partial charge in [-0.15, -0.1) is 0 Å². The van der Waals surface area contributed by atoms with E-state index in [1.165, 1.54) is 0 Å². The third kappa shape index (κ3) is 4.92. The van der Waals surface area contributed by atoms with Crippen LogP contribution in [0.15, 0.2) is 0 Å². The van der Waals surface area contributed by atoms with Crippen LogP contribution in [0.1, 0.15) is 33.6 Å². The highest BCUT2D eigenvalue weighted by Gasteiger charge is 2.18. The summed E-state index contributed by atoms with van der Waals surface area (Å²) in [5.41, 5.74) is 0. The fourth-order valence-electron chi connectivity index (χ4n) is 1.16. The minimum absolute atomic E-state index is 0.930. The van der Waals surface area contributed by atoms with Gasteiger partial charge in [0.15, 0.2) is 0 Å². The Hall–Kier alpha value is 0.580. The van der Waals surface area contributed by atoms with E-state index in [1.807, 2.05) is 0 Å². The van der Waals surface area contributed by atoms with Crippen molar-refractivity contribution in [2.75, 3.05) is 18.1 Å². The van der Waals surface area contributed by atoms with Crippen molar-refractivity contribution in [2.24, 2.45) is 0 Å². The van der Waals surface area contributed by atoms with E-state index in [1.54, 1.807) is 11.4 Å². The van der Waals surface area contributed by atoms with Gasteiger partial charge in [0.1, 0.15) is 6.34 Å². The Balaban J connectivity index is 3.91. The molecule has 0 aliphatic carbocycles. The van der Waals surface area contributed by atoms with Crippen molar-refractivity contribution in [3.8, 4) is 0 Å². The van der Waals surface area contributed by atoms with Gasteiger partial charge in [-0.2, -0.15) is 0 Å². The van der Waals surface area contributed by atoms with Crippen LogP contribution >= 0.6 is 17.7 Å². The van der Waals surface area contributed by atoms with E-state index in [9.17, 15) is 4.57 Å². The summed E-state index contributed by atoms with van der Waals surface area (Å²) >= 11 is 1.68. The first-order valence-electron chi connectivity index (χ1n) is 4.41. The molecule has 0 heterocycles. The van der Waals surface area contributed by atoms with Crippen LogP contribution in [0.3, 0.4) is 0 Å². The molecular weight excluding hydrogens is 175 g/mol. The SMILES string of the molecule is CCCP(=O)(CCC)SCC. The number of rotatable bonds is 6. The van der Waals surface area contributed by atoms with Crippen LogP contribution in [0.5, 0.6) is 0 Å². The lowest BCUT2D eigenvalue weighted by Gasteiger charge is -2.14. The summed E-state index contributed by atoms with van der Waals surface area (Å²) in [4.78, 5) is 0. The molecule has 0 spiro atoms. The summed E-state index contributed by atoms with van der Waals surface area (Å²) in [7, 11) is 0. The molecular formula is C8H19OPS. The largest absolute Gasteiger partial charge is 0.312 e. The number of hydrogen-bond acceptors (Lipinski definition) is 2. The molecule has 0 saturated carbocycles. The predicted octanol–water partition coefficient (Wildman–Crippen LogP) is 3.84. The highest BCUT2D eigenvalue weighted by atomic mass is 32.7. The van der Waals surface area contributed by atoms with E-state index in [-0.39, 0.29) is 0 Å². The van der Waals surface area contributed by atoms with Gasteiger partial charge in [-0.25, -0.2) is 0 Å². The van der Waals surface area contributed by atoms with E-state index < -0.39 is 6.34 Å². The lowest BCUT2D eigenvalue weighted by atomic mass is 10.6. The maximum atomic E-state index is 12.0. The molecule has 0 aromatic carbocycles. The summed E-state index contributed by atoms with van der Waals surface area (Å²) in [6, 6.07) is 0. The van der Waals surface area contributed by atoms with E-state index in [2.05, 4.69) is 20.8 Å². The van der Waals surface area contributed by atoms with Gasteiger partial charge in [0.05, 0.1) is 0 Å². The quantitative estimate of drug-likeness (QED) is 0.597. The Kier molecular flexibility index (Phi) is 6.46. The molecule has 0 aliphatic rings. The maximum Gasteiger partial charge on any atom is 0.139 e. The first-order valence-corrected chi connectivity index (χ1v) is 8.08. The summed E-state index contributed by atoms with van der Waals surface area (Å²) < 4.78 is 12.0. The Morgan fingerprint density at radius 1 is 1.09 bits per heavy atom. The Morgan fingerprint density at radius 3 is 1.82 bits per heavy atom. The van der Waals surface area contributed by atoms with Crippen LogP contribution in [0, 0.1) is 0 Å². The molecule has 0 amide bonds. The summed E-state index contributed by atoms with van der Waals surface area (Å²) in [6.45, 7) is 6.31. The predicted molar refractivity (Wildman–Crippen MR) is 56.1 cm³/mol. The topological polar surface area (TPSA) is 17.1 Å². The Bertz CT molecular complexity index is 112. The van der Waals surface area contributed by atoms with Gasteiger partial charge in [-0.3, -0.25) is 0 Å². The lowest BCUT2D eigenvalue weighted by Crippen LogP contribution is -1.90. The molecule has 0 bridgehead atoms. The van der Waals surface area contributed by atoms with E-state index in [0.29, 0.717) is 0 Å². The molecule has 0 saturated heterocycles. The van der Waals surface area contributed by atoms with Crippen LogP contribution in [0.2, 0.25) is 0 Å². The lowest BCUT2D eigenvalue weighted by molar-refractivity contribution is 0.583. The first-order chi connectivity index (χ1) is 5.18. The van der Waals surface area contributed by atoms with Gasteiger partial charge in [-0.1, -0.05) is 32.2 Å². The van der Waals surface area contributed by atoms with Crippen molar-refractivity contribution in [3.63, 3.8) is 0 Å². The summed E-state index contributed by atoms with van der Waals surface area (Å²) in [6.07, 6.45) is 2.18. The van der Waals surface area contributed by atoms with Crippen LogP contribution in [-0.4, -0.2) is 18.1 Å². The van der Waals surface area contributed by atoms with Crippen LogP contribution in [0.4, 0.5) is 0 Å². The molecule has 0 aromatic rings. The summed E-state index contributed by atoms with van der Waals surface area (Å²) in [5.74, 6) is 0.997. The maximum absolute atomic E-state index is 12.0. The minimum atomic E-state index is -1.80. The van der Waals surface area contributed by atoms with Crippen LogP contribution < -0.4 is 0 Å². The highest BCUT2D eigenvalue weighted by molar-refractivity contribution is 8.58. The zero-order valence-corrected chi connectivity index (χ0v) is 9.51. The highest BCUT2D eigenvalue weighted by Crippen LogP contribution is 2.58. The molecule has 0 fully saturated rings. The second-order valence-corrected chi connectivity index (χ2v) is 8.81. The second-order valence-electron chi connectivity index (χ2n) is 2.68. The van der Waals surface area contributed by atoms with Gasteiger partial charge >= 0.3 is 0 Å². The van der Waals surface area contributed by atoms with Gasteiger partial charge in [0.2, 0.25) is 0 Å². The average Bonchev–Trinajstić information content (AvgIpc) is 1.88. The molecule has 1 nitrogen and oxygen atoms in total. The van der Waals surface area contributed by atoms with Crippen molar-refractivity contribution in [2.45, 2.75) is 33.6 Å². The van der Waals surface area contributed by atoms with Gasteiger partial charge in [0.25, 0.3) is 0 Å². The summed E-state index contributed by atoms with van der Waals surface area (Å²) in [5, 5.41) is 0. The van der Waals surface area contributed by atoms with Crippen LogP contribution in [-0.2, 0) is 4.57 Å². The fourth-order valence-corrected chi connectivity index (χ4v) is 6.75. The van der Waals surface area contributed by atoms with Crippen molar-refractivity contribution in [3.05, 3.63) is 0 Å². The Labute approximate surface area is 74.5 Å². The molecule has 0 rings (SSSR count). The van der Waals surface area contributed by atoms with Crippen molar-refractivity contribution >= 4 is 17.7 Å². The van der Waals surface area contributed by atoms with Crippen LogP contribution in [0.25, 0.3) is 0 Å². The fraction of sp³-hybridized carbons (Fsp3) is 1.00. The zero-order chi connectivity index (χ0) is 8.74.